The van der Waals surface area contributed by atoms with Crippen LogP contribution in [0.4, 0.5) is 13.2 Å². The fourth-order valence-electron chi connectivity index (χ4n) is 2.17. The summed E-state index contributed by atoms with van der Waals surface area (Å²) in [4.78, 5) is 4.30. The summed E-state index contributed by atoms with van der Waals surface area (Å²) in [5.41, 5.74) is -0.384. The highest BCUT2D eigenvalue weighted by molar-refractivity contribution is 5.80. The Morgan fingerprint density at radius 3 is 2.57 bits per heavy atom. The Morgan fingerprint density at radius 1 is 1.24 bits per heavy atom. The van der Waals surface area contributed by atoms with Crippen LogP contribution in [0.3, 0.4) is 0 Å². The number of hydrogen-bond donors (Lipinski definition) is 2. The maximum atomic E-state index is 12.8. The molecule has 1 heterocycles. The Hall–Kier alpha value is -1.72. The molecule has 1 aromatic carbocycles. The van der Waals surface area contributed by atoms with E-state index >= 15 is 0 Å². The molecule has 0 saturated carbocycles. The molecule has 0 amide bonds. The van der Waals surface area contributed by atoms with Crippen molar-refractivity contribution in [2.24, 2.45) is 4.99 Å². The number of nitrogens with one attached hydrogen (secondary N) is 2. The van der Waals surface area contributed by atoms with Gasteiger partial charge in [-0.15, -0.1) is 0 Å². The fraction of sp³-hybridized carbons (Fsp3) is 0.533. The molecule has 6 heteroatoms. The maximum Gasteiger partial charge on any atom is 0.416 e. The zero-order chi connectivity index (χ0) is 15.5. The van der Waals surface area contributed by atoms with Crippen LogP contribution in [0.2, 0.25) is 0 Å². The Kier molecular flexibility index (Phi) is 4.44. The smallest absolute Gasteiger partial charge is 0.356 e. The Balaban J connectivity index is 2.09. The van der Waals surface area contributed by atoms with Crippen molar-refractivity contribution in [1.29, 1.82) is 0 Å². The lowest BCUT2D eigenvalue weighted by Gasteiger charge is -2.28. The van der Waals surface area contributed by atoms with Crippen molar-refractivity contribution in [3.8, 4) is 0 Å². The topological polar surface area (TPSA) is 36.4 Å². The van der Waals surface area contributed by atoms with Gasteiger partial charge in [0.25, 0.3) is 0 Å². The summed E-state index contributed by atoms with van der Waals surface area (Å²) in [6.07, 6.45) is -3.31. The number of nitrogens with zero attached hydrogens (tertiary/aromatic N) is 1. The summed E-state index contributed by atoms with van der Waals surface area (Å²) >= 11 is 0. The van der Waals surface area contributed by atoms with E-state index in [4.69, 9.17) is 0 Å². The van der Waals surface area contributed by atoms with Crippen LogP contribution >= 0.6 is 0 Å². The van der Waals surface area contributed by atoms with Crippen molar-refractivity contribution < 1.29 is 13.2 Å². The number of alkyl halides is 3. The van der Waals surface area contributed by atoms with Crippen molar-refractivity contribution >= 4 is 5.96 Å². The van der Waals surface area contributed by atoms with Gasteiger partial charge < -0.3 is 10.6 Å². The molecule has 0 spiro atoms. The molecule has 0 aliphatic carbocycles. The molecule has 0 radical (unpaired) electrons. The summed E-state index contributed by atoms with van der Waals surface area (Å²) in [6, 6.07) is 5.50. The average Bonchev–Trinajstić information content (AvgIpc) is 2.46. The van der Waals surface area contributed by atoms with Crippen molar-refractivity contribution in [3.63, 3.8) is 0 Å². The molecule has 1 aliphatic heterocycles. The van der Waals surface area contributed by atoms with E-state index in [1.54, 1.807) is 6.07 Å². The van der Waals surface area contributed by atoms with Crippen LogP contribution in [-0.2, 0) is 11.6 Å². The number of rotatable bonds is 3. The minimum absolute atomic E-state index is 0.428. The van der Waals surface area contributed by atoms with E-state index in [0.29, 0.717) is 12.1 Å². The van der Waals surface area contributed by atoms with E-state index in [9.17, 15) is 13.2 Å². The van der Waals surface area contributed by atoms with Crippen LogP contribution in [0.1, 0.15) is 31.4 Å². The third-order valence-electron chi connectivity index (χ3n) is 3.57. The second kappa shape index (κ2) is 5.95. The molecule has 2 rings (SSSR count). The largest absolute Gasteiger partial charge is 0.416 e. The van der Waals surface area contributed by atoms with Crippen LogP contribution < -0.4 is 10.6 Å². The summed E-state index contributed by atoms with van der Waals surface area (Å²) in [5.74, 6) is 0.723. The van der Waals surface area contributed by atoms with E-state index in [0.717, 1.165) is 31.5 Å². The third-order valence-corrected chi connectivity index (χ3v) is 3.57. The molecular weight excluding hydrogens is 279 g/mol. The van der Waals surface area contributed by atoms with Gasteiger partial charge in [-0.3, -0.25) is 4.99 Å². The van der Waals surface area contributed by atoms with Gasteiger partial charge in [0.1, 0.15) is 0 Å². The first-order valence-electron chi connectivity index (χ1n) is 6.99. The molecule has 116 valence electrons. The van der Waals surface area contributed by atoms with Crippen molar-refractivity contribution in [2.75, 3.05) is 19.6 Å². The first kappa shape index (κ1) is 15.7. The van der Waals surface area contributed by atoms with Crippen LogP contribution in [0.25, 0.3) is 0 Å². The van der Waals surface area contributed by atoms with Crippen LogP contribution in [0.15, 0.2) is 29.3 Å². The van der Waals surface area contributed by atoms with Crippen LogP contribution in [0, 0.1) is 0 Å². The highest BCUT2D eigenvalue weighted by Gasteiger charge is 2.32. The van der Waals surface area contributed by atoms with E-state index in [2.05, 4.69) is 15.6 Å². The van der Waals surface area contributed by atoms with Gasteiger partial charge in [0.2, 0.25) is 0 Å². The normalized spacial score (nSPS) is 16.1. The Bertz CT molecular complexity index is 521. The van der Waals surface area contributed by atoms with E-state index in [1.165, 1.54) is 12.1 Å². The molecule has 0 atom stereocenters. The number of hydrogen-bond acceptors (Lipinski definition) is 3. The molecule has 0 bridgehead atoms. The van der Waals surface area contributed by atoms with Gasteiger partial charge in [-0.05, 0) is 18.1 Å². The lowest BCUT2D eigenvalue weighted by atomic mass is 9.84. The SMILES string of the molecule is CC(C)(CNC1=NCCCN1)c1cccc(C(F)(F)F)c1. The molecule has 3 nitrogen and oxygen atoms in total. The summed E-state index contributed by atoms with van der Waals surface area (Å²) < 4.78 is 38.4. The Morgan fingerprint density at radius 2 is 1.95 bits per heavy atom. The van der Waals surface area contributed by atoms with E-state index in [1.807, 2.05) is 13.8 Å². The number of guanidine groups is 1. The minimum Gasteiger partial charge on any atom is -0.356 e. The highest BCUT2D eigenvalue weighted by atomic mass is 19.4. The van der Waals surface area contributed by atoms with Crippen LogP contribution in [0.5, 0.6) is 0 Å². The lowest BCUT2D eigenvalue weighted by molar-refractivity contribution is -0.137. The van der Waals surface area contributed by atoms with Gasteiger partial charge in [-0.25, -0.2) is 0 Å². The predicted octanol–water partition coefficient (Wildman–Crippen LogP) is 2.92. The molecule has 2 N–H and O–H groups in total. The number of aliphatic imine (C=N–C) groups is 1. The van der Waals surface area contributed by atoms with E-state index < -0.39 is 17.2 Å². The molecule has 0 fully saturated rings. The molecule has 1 aromatic rings. The molecule has 0 aromatic heterocycles. The van der Waals surface area contributed by atoms with Crippen molar-refractivity contribution in [1.82, 2.24) is 10.6 Å². The highest BCUT2D eigenvalue weighted by Crippen LogP contribution is 2.32. The maximum absolute atomic E-state index is 12.8. The van der Waals surface area contributed by atoms with Gasteiger partial charge in [0, 0.05) is 25.0 Å². The quantitative estimate of drug-likeness (QED) is 0.900. The van der Waals surface area contributed by atoms with Gasteiger partial charge >= 0.3 is 6.18 Å². The van der Waals surface area contributed by atoms with Gasteiger partial charge in [-0.1, -0.05) is 32.0 Å². The summed E-state index contributed by atoms with van der Waals surface area (Å²) in [6.45, 7) is 5.99. The first-order valence-corrected chi connectivity index (χ1v) is 6.99. The average molecular weight is 299 g/mol. The minimum atomic E-state index is -4.31. The first-order chi connectivity index (χ1) is 9.79. The lowest BCUT2D eigenvalue weighted by Crippen LogP contribution is -2.45. The zero-order valence-corrected chi connectivity index (χ0v) is 12.2. The Labute approximate surface area is 122 Å². The van der Waals surface area contributed by atoms with Crippen LogP contribution in [-0.4, -0.2) is 25.6 Å². The number of halogens is 3. The second-order valence-corrected chi connectivity index (χ2v) is 5.83. The van der Waals surface area contributed by atoms with Crippen molar-refractivity contribution in [2.45, 2.75) is 31.9 Å². The van der Waals surface area contributed by atoms with Crippen molar-refractivity contribution in [3.05, 3.63) is 35.4 Å². The molecule has 0 saturated heterocycles. The standard InChI is InChI=1S/C15H20F3N3/c1-14(2,10-21-13-19-7-4-8-20-13)11-5-3-6-12(9-11)15(16,17)18/h3,5-6,9H,4,7-8,10H2,1-2H3,(H2,19,20,21). The molecule has 0 unspecified atom stereocenters. The second-order valence-electron chi connectivity index (χ2n) is 5.83. The predicted molar refractivity (Wildman–Crippen MR) is 77.4 cm³/mol. The molecular formula is C15H20F3N3. The monoisotopic (exact) mass is 299 g/mol. The summed E-state index contributed by atoms with van der Waals surface area (Å²) in [5, 5.41) is 6.31. The zero-order valence-electron chi connectivity index (χ0n) is 12.2. The number of benzene rings is 1. The summed E-state index contributed by atoms with van der Waals surface area (Å²) in [7, 11) is 0. The van der Waals surface area contributed by atoms with Gasteiger partial charge in [0.05, 0.1) is 5.56 Å². The van der Waals surface area contributed by atoms with Gasteiger partial charge in [0.15, 0.2) is 5.96 Å². The van der Waals surface area contributed by atoms with Gasteiger partial charge in [-0.2, -0.15) is 13.2 Å². The fourth-order valence-corrected chi connectivity index (χ4v) is 2.17. The third kappa shape index (κ3) is 4.12. The van der Waals surface area contributed by atoms with E-state index in [-0.39, 0.29) is 0 Å². The molecule has 21 heavy (non-hydrogen) atoms. The molecule has 1 aliphatic rings.